The quantitative estimate of drug-likeness (QED) is 0.905. The van der Waals surface area contributed by atoms with E-state index in [1.54, 1.807) is 17.4 Å². The standard InChI is InChI=1S/C12H11BrFNS/c1-15-12(8-4-5-16-7-8)10-3-2-9(14)6-11(10)13/h2-7,12,15H,1H3. The fourth-order valence-electron chi connectivity index (χ4n) is 1.68. The summed E-state index contributed by atoms with van der Waals surface area (Å²) in [6, 6.07) is 6.95. The molecule has 1 N–H and O–H groups in total. The van der Waals surface area contributed by atoms with E-state index in [2.05, 4.69) is 32.7 Å². The average Bonchev–Trinajstić information content (AvgIpc) is 2.75. The Balaban J connectivity index is 2.41. The number of hydrogen-bond acceptors (Lipinski definition) is 2. The number of benzene rings is 1. The van der Waals surface area contributed by atoms with Gasteiger partial charge in [-0.05, 0) is 47.1 Å². The van der Waals surface area contributed by atoms with Gasteiger partial charge in [0.05, 0.1) is 6.04 Å². The first kappa shape index (κ1) is 11.8. The van der Waals surface area contributed by atoms with Crippen LogP contribution in [0, 0.1) is 5.82 Å². The molecule has 0 radical (unpaired) electrons. The second-order valence-electron chi connectivity index (χ2n) is 3.44. The van der Waals surface area contributed by atoms with Crippen LogP contribution in [0.3, 0.4) is 0 Å². The van der Waals surface area contributed by atoms with Crippen LogP contribution in [0.4, 0.5) is 4.39 Å². The third-order valence-corrected chi connectivity index (χ3v) is 3.83. The Morgan fingerprint density at radius 2 is 2.19 bits per heavy atom. The minimum Gasteiger partial charge on any atom is -0.309 e. The van der Waals surface area contributed by atoms with Crippen LogP contribution in [0.15, 0.2) is 39.5 Å². The van der Waals surface area contributed by atoms with Crippen LogP contribution in [0.1, 0.15) is 17.2 Å². The van der Waals surface area contributed by atoms with Crippen LogP contribution in [0.5, 0.6) is 0 Å². The molecule has 0 saturated carbocycles. The normalized spacial score (nSPS) is 12.7. The van der Waals surface area contributed by atoms with Crippen LogP contribution >= 0.6 is 27.3 Å². The van der Waals surface area contributed by atoms with Crippen LogP contribution in [-0.4, -0.2) is 7.05 Å². The largest absolute Gasteiger partial charge is 0.309 e. The highest BCUT2D eigenvalue weighted by atomic mass is 79.9. The monoisotopic (exact) mass is 299 g/mol. The number of thiophene rings is 1. The molecule has 0 fully saturated rings. The molecule has 0 amide bonds. The van der Waals surface area contributed by atoms with E-state index in [9.17, 15) is 4.39 Å². The summed E-state index contributed by atoms with van der Waals surface area (Å²) in [5, 5.41) is 7.37. The fraction of sp³-hybridized carbons (Fsp3) is 0.167. The summed E-state index contributed by atoms with van der Waals surface area (Å²) in [5.74, 6) is -0.226. The molecule has 84 valence electrons. The Morgan fingerprint density at radius 1 is 1.38 bits per heavy atom. The smallest absolute Gasteiger partial charge is 0.124 e. The molecule has 0 aliphatic carbocycles. The van der Waals surface area contributed by atoms with Crippen molar-refractivity contribution in [2.45, 2.75) is 6.04 Å². The third-order valence-electron chi connectivity index (χ3n) is 2.44. The van der Waals surface area contributed by atoms with E-state index >= 15 is 0 Å². The van der Waals surface area contributed by atoms with Gasteiger partial charge in [-0.1, -0.05) is 22.0 Å². The fourth-order valence-corrected chi connectivity index (χ4v) is 2.94. The van der Waals surface area contributed by atoms with E-state index in [0.29, 0.717) is 0 Å². The molecule has 2 aromatic rings. The molecule has 0 bridgehead atoms. The van der Waals surface area contributed by atoms with Gasteiger partial charge in [-0.3, -0.25) is 0 Å². The van der Waals surface area contributed by atoms with Crippen LogP contribution in [0.25, 0.3) is 0 Å². The zero-order valence-corrected chi connectivity index (χ0v) is 11.1. The Morgan fingerprint density at radius 3 is 2.75 bits per heavy atom. The summed E-state index contributed by atoms with van der Waals surface area (Å²) in [6.07, 6.45) is 0. The van der Waals surface area contributed by atoms with E-state index in [0.717, 1.165) is 10.0 Å². The molecule has 1 aromatic carbocycles. The lowest BCUT2D eigenvalue weighted by atomic mass is 10.0. The second kappa shape index (κ2) is 5.08. The summed E-state index contributed by atoms with van der Waals surface area (Å²) in [4.78, 5) is 0. The summed E-state index contributed by atoms with van der Waals surface area (Å²) in [5.41, 5.74) is 2.24. The Labute approximate surface area is 106 Å². The van der Waals surface area contributed by atoms with Crippen molar-refractivity contribution in [1.29, 1.82) is 0 Å². The van der Waals surface area contributed by atoms with Crippen molar-refractivity contribution in [2.75, 3.05) is 7.05 Å². The van der Waals surface area contributed by atoms with Crippen molar-refractivity contribution < 1.29 is 4.39 Å². The van der Waals surface area contributed by atoms with Crippen molar-refractivity contribution in [3.8, 4) is 0 Å². The summed E-state index contributed by atoms with van der Waals surface area (Å²) in [6.45, 7) is 0. The average molecular weight is 300 g/mol. The maximum Gasteiger partial charge on any atom is 0.124 e. The van der Waals surface area contributed by atoms with E-state index in [-0.39, 0.29) is 11.9 Å². The molecule has 1 heterocycles. The van der Waals surface area contributed by atoms with Crippen molar-refractivity contribution in [3.05, 3.63) is 56.4 Å². The highest BCUT2D eigenvalue weighted by Gasteiger charge is 2.15. The van der Waals surface area contributed by atoms with Crippen molar-refractivity contribution >= 4 is 27.3 Å². The van der Waals surface area contributed by atoms with Gasteiger partial charge in [0, 0.05) is 4.47 Å². The van der Waals surface area contributed by atoms with Gasteiger partial charge >= 0.3 is 0 Å². The maximum atomic E-state index is 13.0. The van der Waals surface area contributed by atoms with Crippen molar-refractivity contribution in [3.63, 3.8) is 0 Å². The molecule has 0 aliphatic heterocycles. The number of halogens is 2. The minimum absolute atomic E-state index is 0.0984. The number of nitrogens with one attached hydrogen (secondary N) is 1. The number of rotatable bonds is 3. The van der Waals surface area contributed by atoms with Gasteiger partial charge < -0.3 is 5.32 Å². The first-order chi connectivity index (χ1) is 7.72. The van der Waals surface area contributed by atoms with Crippen LogP contribution in [-0.2, 0) is 0 Å². The van der Waals surface area contributed by atoms with E-state index in [1.807, 2.05) is 12.4 Å². The third kappa shape index (κ3) is 2.34. The van der Waals surface area contributed by atoms with Gasteiger partial charge in [-0.2, -0.15) is 11.3 Å². The molecule has 0 saturated heterocycles. The van der Waals surface area contributed by atoms with Gasteiger partial charge in [0.25, 0.3) is 0 Å². The SMILES string of the molecule is CNC(c1ccsc1)c1ccc(F)cc1Br. The van der Waals surface area contributed by atoms with Crippen LogP contribution < -0.4 is 5.32 Å². The van der Waals surface area contributed by atoms with Gasteiger partial charge in [0.15, 0.2) is 0 Å². The molecule has 16 heavy (non-hydrogen) atoms. The zero-order valence-electron chi connectivity index (χ0n) is 8.71. The summed E-state index contributed by atoms with van der Waals surface area (Å²) >= 11 is 5.06. The predicted molar refractivity (Wildman–Crippen MR) is 69.3 cm³/mol. The Hall–Kier alpha value is -0.710. The van der Waals surface area contributed by atoms with Crippen LogP contribution in [0.2, 0.25) is 0 Å². The van der Waals surface area contributed by atoms with Crippen molar-refractivity contribution in [2.24, 2.45) is 0 Å². The maximum absolute atomic E-state index is 13.0. The molecule has 0 aliphatic rings. The van der Waals surface area contributed by atoms with E-state index in [1.165, 1.54) is 17.7 Å². The Bertz CT molecular complexity index is 470. The van der Waals surface area contributed by atoms with E-state index < -0.39 is 0 Å². The molecule has 1 unspecified atom stereocenters. The second-order valence-corrected chi connectivity index (χ2v) is 5.08. The Kier molecular flexibility index (Phi) is 3.74. The molecule has 1 aromatic heterocycles. The highest BCUT2D eigenvalue weighted by Crippen LogP contribution is 2.29. The lowest BCUT2D eigenvalue weighted by Gasteiger charge is -2.17. The lowest BCUT2D eigenvalue weighted by molar-refractivity contribution is 0.622. The number of hydrogen-bond donors (Lipinski definition) is 1. The summed E-state index contributed by atoms with van der Waals surface area (Å²) < 4.78 is 13.8. The van der Waals surface area contributed by atoms with E-state index in [4.69, 9.17) is 0 Å². The summed E-state index contributed by atoms with van der Waals surface area (Å²) in [7, 11) is 1.90. The van der Waals surface area contributed by atoms with Gasteiger partial charge in [-0.15, -0.1) is 0 Å². The highest BCUT2D eigenvalue weighted by molar-refractivity contribution is 9.10. The van der Waals surface area contributed by atoms with Gasteiger partial charge in [0.2, 0.25) is 0 Å². The molecule has 0 spiro atoms. The zero-order chi connectivity index (χ0) is 11.5. The molecule has 1 nitrogen and oxygen atoms in total. The topological polar surface area (TPSA) is 12.0 Å². The molecular formula is C12H11BrFNS. The van der Waals surface area contributed by atoms with Gasteiger partial charge in [0.1, 0.15) is 5.82 Å². The van der Waals surface area contributed by atoms with Crippen molar-refractivity contribution in [1.82, 2.24) is 5.32 Å². The first-order valence-electron chi connectivity index (χ1n) is 4.86. The lowest BCUT2D eigenvalue weighted by Crippen LogP contribution is -2.17. The van der Waals surface area contributed by atoms with Gasteiger partial charge in [-0.25, -0.2) is 4.39 Å². The molecule has 2 rings (SSSR count). The molecule has 1 atom stereocenters. The molecular weight excluding hydrogens is 289 g/mol. The molecule has 4 heteroatoms. The predicted octanol–water partition coefficient (Wildman–Crippen LogP) is 3.96. The first-order valence-corrected chi connectivity index (χ1v) is 6.60. The minimum atomic E-state index is -0.226.